The highest BCUT2D eigenvalue weighted by Gasteiger charge is 2.26. The quantitative estimate of drug-likeness (QED) is 0.557. The van der Waals surface area contributed by atoms with E-state index in [2.05, 4.69) is 4.98 Å². The molecule has 0 saturated carbocycles. The zero-order valence-electron chi connectivity index (χ0n) is 16.8. The van der Waals surface area contributed by atoms with Crippen LogP contribution in [0, 0.1) is 19.8 Å². The van der Waals surface area contributed by atoms with Crippen LogP contribution in [0.25, 0.3) is 0 Å². The Labute approximate surface area is 169 Å². The van der Waals surface area contributed by atoms with Gasteiger partial charge in [0.25, 0.3) is 5.91 Å². The number of aryl methyl sites for hydroxylation is 1. The number of esters is 1. The van der Waals surface area contributed by atoms with Crippen LogP contribution in [0.2, 0.25) is 5.02 Å². The zero-order chi connectivity index (χ0) is 21.0. The van der Waals surface area contributed by atoms with Gasteiger partial charge in [-0.15, -0.1) is 0 Å². The number of hydrogen-bond acceptors (Lipinski definition) is 4. The monoisotopic (exact) mass is 404 g/mol. The van der Waals surface area contributed by atoms with Crippen LogP contribution < -0.4 is 0 Å². The van der Waals surface area contributed by atoms with Gasteiger partial charge in [-0.3, -0.25) is 9.59 Å². The molecule has 0 radical (unpaired) electrons. The third-order valence-corrected chi connectivity index (χ3v) is 4.66. The third-order valence-electron chi connectivity index (χ3n) is 4.40. The van der Waals surface area contributed by atoms with Gasteiger partial charge in [-0.05, 0) is 49.6 Å². The Hall–Kier alpha value is -2.60. The first-order valence-electron chi connectivity index (χ1n) is 9.01. The predicted molar refractivity (Wildman–Crippen MR) is 108 cm³/mol. The Morgan fingerprint density at radius 1 is 1.14 bits per heavy atom. The Morgan fingerprint density at radius 2 is 1.75 bits per heavy atom. The molecule has 0 aliphatic carbocycles. The van der Waals surface area contributed by atoms with Crippen LogP contribution in [-0.2, 0) is 4.74 Å². The van der Waals surface area contributed by atoms with Gasteiger partial charge < -0.3 is 14.6 Å². The summed E-state index contributed by atoms with van der Waals surface area (Å²) in [5, 5.41) is 0.539. The molecule has 2 aromatic rings. The van der Waals surface area contributed by atoms with E-state index < -0.39 is 5.97 Å². The van der Waals surface area contributed by atoms with Crippen molar-refractivity contribution >= 4 is 29.3 Å². The van der Waals surface area contributed by atoms with E-state index in [4.69, 9.17) is 16.3 Å². The smallest absolute Gasteiger partial charge is 0.354 e. The molecule has 2 rings (SSSR count). The topological polar surface area (TPSA) is 79.5 Å². The number of benzene rings is 1. The molecule has 0 aliphatic rings. The van der Waals surface area contributed by atoms with Gasteiger partial charge in [0.05, 0.1) is 13.7 Å². The van der Waals surface area contributed by atoms with Crippen molar-refractivity contribution in [1.29, 1.82) is 0 Å². The minimum Gasteiger partial charge on any atom is -0.464 e. The molecule has 0 spiro atoms. The fourth-order valence-corrected chi connectivity index (χ4v) is 3.29. The number of Topliss-reactive ketones (excluding diaryl/α,β-unsaturated/α-hetero) is 1. The highest BCUT2D eigenvalue weighted by atomic mass is 35.5. The molecule has 0 fully saturated rings. The number of nitrogens with zero attached hydrogens (tertiary/aromatic N) is 1. The Balaban J connectivity index is 2.31. The maximum absolute atomic E-state index is 13.0. The summed E-state index contributed by atoms with van der Waals surface area (Å²) < 4.78 is 4.75. The van der Waals surface area contributed by atoms with Crippen LogP contribution in [0.3, 0.4) is 0 Å². The van der Waals surface area contributed by atoms with Crippen molar-refractivity contribution in [2.45, 2.75) is 27.7 Å². The van der Waals surface area contributed by atoms with E-state index in [0.717, 1.165) is 0 Å². The SMILES string of the molecule is COC(=O)c1[nH]c(C)c(C(=O)CN(CC(C)C)C(=O)c2ccc(Cl)cc2)c1C. The van der Waals surface area contributed by atoms with E-state index in [-0.39, 0.29) is 29.8 Å². The van der Waals surface area contributed by atoms with Crippen LogP contribution in [0.1, 0.15) is 56.3 Å². The first-order valence-corrected chi connectivity index (χ1v) is 9.39. The molecule has 0 atom stereocenters. The molecule has 1 heterocycles. The van der Waals surface area contributed by atoms with Gasteiger partial charge in [-0.1, -0.05) is 25.4 Å². The number of carbonyl (C=O) groups excluding carboxylic acids is 3. The summed E-state index contributed by atoms with van der Waals surface area (Å²) in [6.07, 6.45) is 0. The molecule has 7 heteroatoms. The molecule has 1 aromatic heterocycles. The first-order chi connectivity index (χ1) is 13.1. The summed E-state index contributed by atoms with van der Waals surface area (Å²) in [5.74, 6) is -0.818. The fraction of sp³-hybridized carbons (Fsp3) is 0.381. The predicted octanol–water partition coefficient (Wildman–Crippen LogP) is 4.05. The molecule has 150 valence electrons. The lowest BCUT2D eigenvalue weighted by molar-refractivity contribution is 0.0593. The second-order valence-electron chi connectivity index (χ2n) is 7.13. The number of rotatable bonds is 7. The number of H-pyrrole nitrogens is 1. The number of methoxy groups -OCH3 is 1. The largest absolute Gasteiger partial charge is 0.464 e. The van der Waals surface area contributed by atoms with Crippen LogP contribution in [0.4, 0.5) is 0 Å². The Morgan fingerprint density at radius 3 is 2.29 bits per heavy atom. The minimum atomic E-state index is -0.532. The normalized spacial score (nSPS) is 10.8. The highest BCUT2D eigenvalue weighted by molar-refractivity contribution is 6.30. The maximum Gasteiger partial charge on any atom is 0.354 e. The first kappa shape index (κ1) is 21.7. The molecule has 0 saturated heterocycles. The summed E-state index contributed by atoms with van der Waals surface area (Å²) in [6, 6.07) is 6.58. The van der Waals surface area contributed by atoms with Gasteiger partial charge in [-0.25, -0.2) is 4.79 Å². The van der Waals surface area contributed by atoms with Crippen LogP contribution in [0.15, 0.2) is 24.3 Å². The number of halogens is 1. The number of ketones is 1. The van der Waals surface area contributed by atoms with E-state index in [1.54, 1.807) is 38.1 Å². The second-order valence-corrected chi connectivity index (χ2v) is 7.56. The molecular weight excluding hydrogens is 380 g/mol. The highest BCUT2D eigenvalue weighted by Crippen LogP contribution is 2.21. The number of carbonyl (C=O) groups is 3. The van der Waals surface area contributed by atoms with Crippen molar-refractivity contribution in [2.24, 2.45) is 5.92 Å². The van der Waals surface area contributed by atoms with Crippen LogP contribution >= 0.6 is 11.6 Å². The molecule has 1 N–H and O–H groups in total. The van der Waals surface area contributed by atoms with Crippen molar-refractivity contribution in [3.8, 4) is 0 Å². The average Bonchev–Trinajstić information content (AvgIpc) is 2.94. The Bertz CT molecular complexity index is 885. The summed E-state index contributed by atoms with van der Waals surface area (Å²) in [7, 11) is 1.29. The van der Waals surface area contributed by atoms with E-state index >= 15 is 0 Å². The second kappa shape index (κ2) is 9.06. The molecule has 6 nitrogen and oxygen atoms in total. The number of amides is 1. The van der Waals surface area contributed by atoms with Gasteiger partial charge in [0.15, 0.2) is 5.78 Å². The lowest BCUT2D eigenvalue weighted by Crippen LogP contribution is -2.38. The molecule has 1 amide bonds. The minimum absolute atomic E-state index is 0.0835. The van der Waals surface area contributed by atoms with Crippen molar-refractivity contribution in [2.75, 3.05) is 20.2 Å². The van der Waals surface area contributed by atoms with Crippen LogP contribution in [-0.4, -0.2) is 47.7 Å². The van der Waals surface area contributed by atoms with E-state index in [9.17, 15) is 14.4 Å². The van der Waals surface area contributed by atoms with Gasteiger partial charge >= 0.3 is 5.97 Å². The fourth-order valence-electron chi connectivity index (χ4n) is 3.16. The van der Waals surface area contributed by atoms with E-state index in [1.165, 1.54) is 12.0 Å². The molecule has 0 bridgehead atoms. The van der Waals surface area contributed by atoms with Crippen molar-refractivity contribution in [1.82, 2.24) is 9.88 Å². The Kier molecular flexibility index (Phi) is 7.02. The molecule has 1 aromatic carbocycles. The molecule has 0 aliphatic heterocycles. The van der Waals surface area contributed by atoms with E-state index in [1.807, 2.05) is 13.8 Å². The number of aromatic amines is 1. The number of ether oxygens (including phenoxy) is 1. The van der Waals surface area contributed by atoms with Gasteiger partial charge in [0, 0.05) is 28.4 Å². The maximum atomic E-state index is 13.0. The van der Waals surface area contributed by atoms with Gasteiger partial charge in [0.1, 0.15) is 5.69 Å². The molecule has 28 heavy (non-hydrogen) atoms. The van der Waals surface area contributed by atoms with Crippen molar-refractivity contribution in [3.63, 3.8) is 0 Å². The molecule has 0 unspecified atom stereocenters. The van der Waals surface area contributed by atoms with Crippen molar-refractivity contribution in [3.05, 3.63) is 57.4 Å². The third kappa shape index (κ3) is 4.81. The number of hydrogen-bond donors (Lipinski definition) is 1. The van der Waals surface area contributed by atoms with Crippen molar-refractivity contribution < 1.29 is 19.1 Å². The van der Waals surface area contributed by atoms with Gasteiger partial charge in [0.2, 0.25) is 0 Å². The number of aromatic nitrogens is 1. The van der Waals surface area contributed by atoms with Gasteiger partial charge in [-0.2, -0.15) is 0 Å². The lowest BCUT2D eigenvalue weighted by Gasteiger charge is -2.24. The number of nitrogens with one attached hydrogen (secondary N) is 1. The average molecular weight is 405 g/mol. The summed E-state index contributed by atoms with van der Waals surface area (Å²) in [4.78, 5) is 42.3. The molecular formula is C21H25ClN2O4. The summed E-state index contributed by atoms with van der Waals surface area (Å²) in [5.41, 5.74) is 2.24. The summed E-state index contributed by atoms with van der Waals surface area (Å²) in [6.45, 7) is 7.72. The summed E-state index contributed by atoms with van der Waals surface area (Å²) >= 11 is 5.90. The standard InChI is InChI=1S/C21H25ClN2O4/c1-12(2)10-24(20(26)15-6-8-16(22)9-7-15)11-17(25)18-13(3)19(21(27)28-5)23-14(18)4/h6-9,12,23H,10-11H2,1-5H3. The zero-order valence-corrected chi connectivity index (χ0v) is 17.5. The lowest BCUT2D eigenvalue weighted by atomic mass is 10.0. The van der Waals surface area contributed by atoms with Crippen LogP contribution in [0.5, 0.6) is 0 Å². The van der Waals surface area contributed by atoms with E-state index in [0.29, 0.717) is 34.0 Å².